The highest BCUT2D eigenvalue weighted by Crippen LogP contribution is 2.36. The number of nitrogens with zero attached hydrogens (tertiary/aromatic N) is 3. The molecule has 1 aromatic heterocycles. The van der Waals surface area contributed by atoms with Gasteiger partial charge in [0.1, 0.15) is 11.5 Å². The lowest BCUT2D eigenvalue weighted by atomic mass is 10.0. The zero-order valence-electron chi connectivity index (χ0n) is 20.5. The van der Waals surface area contributed by atoms with Gasteiger partial charge in [-0.15, -0.1) is 0 Å². The van der Waals surface area contributed by atoms with Gasteiger partial charge in [0, 0.05) is 22.6 Å². The van der Waals surface area contributed by atoms with Crippen LogP contribution in [0.3, 0.4) is 0 Å². The molecule has 11 heteroatoms. The number of sulfone groups is 1. The summed E-state index contributed by atoms with van der Waals surface area (Å²) in [5.74, 6) is -1.92. The molecule has 0 radical (unpaired) electrons. The van der Waals surface area contributed by atoms with Crippen LogP contribution in [0.5, 0.6) is 5.75 Å². The first kappa shape index (κ1) is 25.4. The number of hydrogen-bond acceptors (Lipinski definition) is 6. The third-order valence-corrected chi connectivity index (χ3v) is 8.48. The van der Waals surface area contributed by atoms with E-state index in [0.717, 1.165) is 0 Å². The Balaban J connectivity index is 1.67. The fourth-order valence-electron chi connectivity index (χ4n) is 4.67. The summed E-state index contributed by atoms with van der Waals surface area (Å²) in [5.41, 5.74) is 0.595. The van der Waals surface area contributed by atoms with Crippen LogP contribution in [-0.4, -0.2) is 48.3 Å². The van der Waals surface area contributed by atoms with Crippen molar-refractivity contribution >= 4 is 26.6 Å². The van der Waals surface area contributed by atoms with Gasteiger partial charge in [0.15, 0.2) is 21.4 Å². The van der Waals surface area contributed by atoms with Crippen LogP contribution in [0.2, 0.25) is 0 Å². The molecule has 1 saturated heterocycles. The van der Waals surface area contributed by atoms with Gasteiger partial charge < -0.3 is 10.1 Å². The lowest BCUT2D eigenvalue weighted by Gasteiger charge is -2.23. The predicted molar refractivity (Wildman–Crippen MR) is 137 cm³/mol. The number of aromatic nitrogens is 2. The molecule has 0 aliphatic carbocycles. The first-order valence-corrected chi connectivity index (χ1v) is 13.4. The van der Waals surface area contributed by atoms with Crippen molar-refractivity contribution in [1.82, 2.24) is 15.1 Å². The maximum absolute atomic E-state index is 15.4. The molecular weight excluding hydrogens is 514 g/mol. The molecule has 4 aromatic rings. The molecule has 0 saturated carbocycles. The second-order valence-corrected chi connectivity index (χ2v) is 11.7. The Hall–Kier alpha value is -4.30. The predicted octanol–water partition coefficient (Wildman–Crippen LogP) is 4.16. The summed E-state index contributed by atoms with van der Waals surface area (Å²) in [7, 11) is -1.94. The largest absolute Gasteiger partial charge is 0.494 e. The number of carbonyl (C=O) groups excluding carboxylic acids is 1. The summed E-state index contributed by atoms with van der Waals surface area (Å²) in [6, 6.07) is 14.8. The van der Waals surface area contributed by atoms with E-state index in [1.807, 2.05) is 6.07 Å². The Labute approximate surface area is 217 Å². The lowest BCUT2D eigenvalue weighted by Crippen LogP contribution is -2.46. The van der Waals surface area contributed by atoms with Crippen LogP contribution in [0.4, 0.5) is 8.78 Å². The lowest BCUT2D eigenvalue weighted by molar-refractivity contribution is 0.0915. The third kappa shape index (κ3) is 4.59. The summed E-state index contributed by atoms with van der Waals surface area (Å²) >= 11 is 0. The maximum Gasteiger partial charge on any atom is 0.251 e. The Morgan fingerprint density at radius 1 is 1.16 bits per heavy atom. The van der Waals surface area contributed by atoms with E-state index in [1.54, 1.807) is 19.1 Å². The number of fused-ring (bicyclic) bond motifs is 1. The molecule has 0 bridgehead atoms. The van der Waals surface area contributed by atoms with Crippen molar-refractivity contribution in [3.05, 3.63) is 77.4 Å². The first-order valence-electron chi connectivity index (χ1n) is 11.6. The fourth-order valence-corrected chi connectivity index (χ4v) is 6.77. The van der Waals surface area contributed by atoms with Crippen molar-refractivity contribution in [3.63, 3.8) is 0 Å². The van der Waals surface area contributed by atoms with Gasteiger partial charge in [0.2, 0.25) is 0 Å². The molecule has 1 aliphatic heterocycles. The number of methoxy groups -OCH3 is 1. The van der Waals surface area contributed by atoms with Crippen molar-refractivity contribution in [1.29, 1.82) is 5.26 Å². The van der Waals surface area contributed by atoms with Gasteiger partial charge in [-0.05, 0) is 61.9 Å². The topological polar surface area (TPSA) is 114 Å². The molecule has 1 aliphatic rings. The zero-order valence-corrected chi connectivity index (χ0v) is 21.3. The van der Waals surface area contributed by atoms with Gasteiger partial charge in [-0.25, -0.2) is 21.9 Å². The molecule has 194 valence electrons. The molecule has 38 heavy (non-hydrogen) atoms. The van der Waals surface area contributed by atoms with Crippen molar-refractivity contribution in [3.8, 4) is 28.8 Å². The molecular formula is C27H22F2N4O4S. The Kier molecular flexibility index (Phi) is 6.15. The quantitative estimate of drug-likeness (QED) is 0.410. The highest BCUT2D eigenvalue weighted by atomic mass is 32.2. The van der Waals surface area contributed by atoms with Crippen LogP contribution in [-0.2, 0) is 9.84 Å². The van der Waals surface area contributed by atoms with Crippen LogP contribution in [0.15, 0.2) is 54.6 Å². The molecule has 1 amide bonds. The van der Waals surface area contributed by atoms with E-state index in [9.17, 15) is 22.9 Å². The number of hydrogen-bond donors (Lipinski definition) is 1. The molecule has 3 aromatic carbocycles. The minimum atomic E-state index is -3.23. The molecule has 0 spiro atoms. The van der Waals surface area contributed by atoms with Gasteiger partial charge in [0.05, 0.1) is 47.0 Å². The van der Waals surface area contributed by atoms with E-state index in [0.29, 0.717) is 23.0 Å². The van der Waals surface area contributed by atoms with E-state index in [-0.39, 0.29) is 39.6 Å². The SMILES string of the molecule is COc1cc(C#N)cc(-c2nn(-c3ccc(F)cc3)c3cc(C(=O)N[C@@]4(C)CCS(=O)(=O)C4)ccc23)c1F. The second kappa shape index (κ2) is 9.22. The normalized spacial score (nSPS) is 18.3. The Morgan fingerprint density at radius 3 is 2.53 bits per heavy atom. The minimum absolute atomic E-state index is 0.000298. The van der Waals surface area contributed by atoms with Crippen LogP contribution < -0.4 is 10.1 Å². The standard InChI is InChI=1S/C27H22F2N4O4S/c1-27(9-10-38(35,36)15-27)31-26(34)17-3-8-20-22(13-17)33(19-6-4-18(28)5-7-19)32-25(20)21-11-16(14-30)12-23(37-2)24(21)29/h3-8,11-13H,9-10,15H2,1-2H3,(H,31,34)/t27-/m0/s1. The summed E-state index contributed by atoms with van der Waals surface area (Å²) in [6.45, 7) is 1.69. The van der Waals surface area contributed by atoms with Gasteiger partial charge in [-0.3, -0.25) is 4.79 Å². The van der Waals surface area contributed by atoms with Crippen molar-refractivity contribution < 1.29 is 26.7 Å². The summed E-state index contributed by atoms with van der Waals surface area (Å²) in [4.78, 5) is 13.2. The van der Waals surface area contributed by atoms with E-state index in [1.165, 1.54) is 54.3 Å². The number of amides is 1. The number of halogens is 2. The summed E-state index contributed by atoms with van der Waals surface area (Å²) in [5, 5.41) is 17.3. The van der Waals surface area contributed by atoms with Crippen LogP contribution in [0.1, 0.15) is 29.3 Å². The molecule has 1 fully saturated rings. The fraction of sp³-hybridized carbons (Fsp3) is 0.222. The van der Waals surface area contributed by atoms with E-state index in [4.69, 9.17) is 4.74 Å². The molecule has 1 N–H and O–H groups in total. The first-order chi connectivity index (χ1) is 18.0. The smallest absolute Gasteiger partial charge is 0.251 e. The van der Waals surface area contributed by atoms with Gasteiger partial charge >= 0.3 is 0 Å². The average Bonchev–Trinajstić information content (AvgIpc) is 3.40. The number of nitriles is 1. The highest BCUT2D eigenvalue weighted by Gasteiger charge is 2.39. The van der Waals surface area contributed by atoms with Crippen LogP contribution >= 0.6 is 0 Å². The number of ether oxygens (including phenoxy) is 1. The van der Waals surface area contributed by atoms with Gasteiger partial charge in [-0.1, -0.05) is 0 Å². The van der Waals surface area contributed by atoms with Gasteiger partial charge in [-0.2, -0.15) is 10.4 Å². The van der Waals surface area contributed by atoms with E-state index in [2.05, 4.69) is 10.4 Å². The summed E-state index contributed by atoms with van der Waals surface area (Å²) in [6.07, 6.45) is 0.303. The van der Waals surface area contributed by atoms with Crippen molar-refractivity contribution in [2.45, 2.75) is 18.9 Å². The van der Waals surface area contributed by atoms with Crippen LogP contribution in [0, 0.1) is 23.0 Å². The zero-order chi connectivity index (χ0) is 27.2. The second-order valence-electron chi connectivity index (χ2n) is 9.48. The number of benzene rings is 3. The van der Waals surface area contributed by atoms with Crippen molar-refractivity contribution in [2.75, 3.05) is 18.6 Å². The van der Waals surface area contributed by atoms with Crippen LogP contribution in [0.25, 0.3) is 27.8 Å². The van der Waals surface area contributed by atoms with E-state index < -0.39 is 32.9 Å². The van der Waals surface area contributed by atoms with Crippen molar-refractivity contribution in [2.24, 2.45) is 0 Å². The molecule has 2 heterocycles. The number of carbonyl (C=O) groups is 1. The number of nitrogens with one attached hydrogen (secondary N) is 1. The Bertz CT molecular complexity index is 1740. The number of rotatable bonds is 5. The third-order valence-electron chi connectivity index (χ3n) is 6.58. The maximum atomic E-state index is 15.4. The minimum Gasteiger partial charge on any atom is -0.494 e. The molecule has 1 atom stereocenters. The monoisotopic (exact) mass is 536 g/mol. The van der Waals surface area contributed by atoms with Gasteiger partial charge in [0.25, 0.3) is 5.91 Å². The molecule has 8 nitrogen and oxygen atoms in total. The van der Waals surface area contributed by atoms with E-state index >= 15 is 4.39 Å². The molecule has 5 rings (SSSR count). The highest BCUT2D eigenvalue weighted by molar-refractivity contribution is 7.91. The average molecular weight is 537 g/mol. The Morgan fingerprint density at radius 2 is 1.89 bits per heavy atom. The molecule has 0 unspecified atom stereocenters. The summed E-state index contributed by atoms with van der Waals surface area (Å²) < 4.78 is 59.5.